The van der Waals surface area contributed by atoms with E-state index in [9.17, 15) is 0 Å². The summed E-state index contributed by atoms with van der Waals surface area (Å²) in [6.45, 7) is 31.8. The second kappa shape index (κ2) is 10.2. The second-order valence-corrected chi connectivity index (χ2v) is 16.4. The van der Waals surface area contributed by atoms with Gasteiger partial charge < -0.3 is 0 Å². The summed E-state index contributed by atoms with van der Waals surface area (Å²) in [5.41, 5.74) is 0.527. The molecule has 2 rings (SSSR count). The Bertz CT molecular complexity index is 629. The first-order valence-corrected chi connectivity index (χ1v) is 14.3. The largest absolute Gasteiger partial charge is 0.234 e. The molecule has 0 saturated heterocycles. The van der Waals surface area contributed by atoms with E-state index in [0.29, 0.717) is 27.6 Å². The quantitative estimate of drug-likeness (QED) is 0.208. The van der Waals surface area contributed by atoms with Gasteiger partial charge in [-0.25, -0.2) is 9.78 Å². The Balaban J connectivity index is 2.10. The Morgan fingerprint density at radius 2 is 0.800 bits per heavy atom. The topological polar surface area (TPSA) is 36.9 Å². The smallest absolute Gasteiger partial charge is 0.228 e. The lowest BCUT2D eigenvalue weighted by atomic mass is 9.46. The lowest BCUT2D eigenvalue weighted by Crippen LogP contribution is -2.51. The Kier molecular flexibility index (Phi) is 9.04. The van der Waals surface area contributed by atoms with Crippen LogP contribution in [0.1, 0.15) is 148 Å². The highest BCUT2D eigenvalue weighted by atomic mass is 17.3. The van der Waals surface area contributed by atoms with Crippen LogP contribution < -0.4 is 0 Å². The summed E-state index contributed by atoms with van der Waals surface area (Å²) in [5.74, 6) is 0.568. The van der Waals surface area contributed by atoms with Crippen molar-refractivity contribution in [3.8, 4) is 0 Å². The van der Waals surface area contributed by atoms with Crippen LogP contribution in [0.5, 0.6) is 0 Å². The van der Waals surface area contributed by atoms with Gasteiger partial charge in [0.25, 0.3) is 0 Å². The van der Waals surface area contributed by atoms with E-state index in [1.807, 2.05) is 41.5 Å². The Hall–Kier alpha value is -0.160. The fourth-order valence-corrected chi connectivity index (χ4v) is 7.20. The Labute approximate surface area is 218 Å². The van der Waals surface area contributed by atoms with Crippen LogP contribution in [0, 0.1) is 33.5 Å². The molecule has 0 spiro atoms. The highest BCUT2D eigenvalue weighted by Gasteiger charge is 2.54. The highest BCUT2D eigenvalue weighted by Crippen LogP contribution is 2.63. The molecule has 0 N–H and O–H groups in total. The summed E-state index contributed by atoms with van der Waals surface area (Å²) in [5, 5.41) is 0. The van der Waals surface area contributed by atoms with Crippen molar-refractivity contribution in [3.05, 3.63) is 0 Å². The molecule has 2 saturated carbocycles. The van der Waals surface area contributed by atoms with Crippen LogP contribution in [0.4, 0.5) is 0 Å². The summed E-state index contributed by atoms with van der Waals surface area (Å²) in [4.78, 5) is 23.5. The zero-order valence-corrected chi connectivity index (χ0v) is 25.9. The van der Waals surface area contributed by atoms with Crippen molar-refractivity contribution in [1.82, 2.24) is 0 Å². The molecule has 2 aliphatic rings. The molecule has 2 fully saturated rings. The van der Waals surface area contributed by atoms with Gasteiger partial charge in [-0.05, 0) is 114 Å². The van der Waals surface area contributed by atoms with Crippen molar-refractivity contribution in [2.45, 2.75) is 165 Å². The molecular formula is C31H60O4. The van der Waals surface area contributed by atoms with Crippen LogP contribution in [-0.4, -0.2) is 17.0 Å². The molecule has 0 radical (unpaired) electrons. The fraction of sp³-hybridized carbons (Fsp3) is 1.00. The fourth-order valence-electron chi connectivity index (χ4n) is 7.20. The van der Waals surface area contributed by atoms with Crippen molar-refractivity contribution < 1.29 is 19.6 Å². The van der Waals surface area contributed by atoms with Gasteiger partial charge in [0.2, 0.25) is 5.79 Å². The summed E-state index contributed by atoms with van der Waals surface area (Å²) in [7, 11) is 0. The van der Waals surface area contributed by atoms with Crippen LogP contribution in [0.3, 0.4) is 0 Å². The monoisotopic (exact) mass is 496 g/mol. The SMILES string of the molecule is CC(C)(C)OOC1(OOC(C)(C)C)CCC(C(C)(C)C2CCC(C(C)(C)C)(C(C)(C)C)CC2)CC1. The number of hydrogen-bond donors (Lipinski definition) is 0. The van der Waals surface area contributed by atoms with E-state index in [0.717, 1.165) is 31.6 Å². The molecular weight excluding hydrogens is 436 g/mol. The molecule has 0 bridgehead atoms. The van der Waals surface area contributed by atoms with Gasteiger partial charge in [0.1, 0.15) is 0 Å². The van der Waals surface area contributed by atoms with Crippen LogP contribution in [0.25, 0.3) is 0 Å². The number of rotatable bonds is 6. The molecule has 2 aliphatic carbocycles. The van der Waals surface area contributed by atoms with Crippen molar-refractivity contribution in [3.63, 3.8) is 0 Å². The molecule has 0 atom stereocenters. The summed E-state index contributed by atoms with van der Waals surface area (Å²) < 4.78 is 0. The Morgan fingerprint density at radius 1 is 0.486 bits per heavy atom. The predicted octanol–water partition coefficient (Wildman–Crippen LogP) is 9.66. The third kappa shape index (κ3) is 7.45. The van der Waals surface area contributed by atoms with Crippen LogP contribution >= 0.6 is 0 Å². The van der Waals surface area contributed by atoms with Crippen LogP contribution in [0.15, 0.2) is 0 Å². The average Bonchev–Trinajstić information content (AvgIpc) is 2.69. The molecule has 0 aromatic heterocycles. The first kappa shape index (κ1) is 31.1. The lowest BCUT2D eigenvalue weighted by molar-refractivity contribution is -0.546. The molecule has 0 unspecified atom stereocenters. The van der Waals surface area contributed by atoms with Gasteiger partial charge in [-0.2, -0.15) is 9.78 Å². The molecule has 0 heterocycles. The van der Waals surface area contributed by atoms with Gasteiger partial charge in [-0.15, -0.1) is 0 Å². The molecule has 4 heteroatoms. The van der Waals surface area contributed by atoms with E-state index >= 15 is 0 Å². The molecule has 0 amide bonds. The van der Waals surface area contributed by atoms with E-state index in [1.165, 1.54) is 25.7 Å². The minimum absolute atomic E-state index is 0.295. The first-order valence-electron chi connectivity index (χ1n) is 14.3. The van der Waals surface area contributed by atoms with Crippen LogP contribution in [0.2, 0.25) is 0 Å². The third-order valence-electron chi connectivity index (χ3n) is 9.45. The summed E-state index contributed by atoms with van der Waals surface area (Å²) in [6, 6.07) is 0. The van der Waals surface area contributed by atoms with Gasteiger partial charge in [0, 0.05) is 12.8 Å². The van der Waals surface area contributed by atoms with Gasteiger partial charge in [0.05, 0.1) is 11.2 Å². The van der Waals surface area contributed by atoms with E-state index in [1.54, 1.807) is 0 Å². The van der Waals surface area contributed by atoms with E-state index in [2.05, 4.69) is 55.4 Å². The second-order valence-electron chi connectivity index (χ2n) is 16.4. The standard InChI is InChI=1S/C31H60O4/c1-25(2,3)30(26(4,5)6)19-15-23(16-20-30)29(13,14)24-17-21-31(22-18-24,34-32-27(7,8)9)35-33-28(10,11)12/h23-24H,15-22H2,1-14H3. The summed E-state index contributed by atoms with van der Waals surface area (Å²) in [6.07, 6.45) is 9.02. The van der Waals surface area contributed by atoms with E-state index < -0.39 is 17.0 Å². The lowest BCUT2D eigenvalue weighted by Gasteiger charge is -2.59. The third-order valence-corrected chi connectivity index (χ3v) is 9.45. The first-order chi connectivity index (χ1) is 15.5. The predicted molar refractivity (Wildman–Crippen MR) is 146 cm³/mol. The normalized spacial score (nSPS) is 23.5. The zero-order chi connectivity index (χ0) is 27.1. The van der Waals surface area contributed by atoms with Crippen LogP contribution in [-0.2, 0) is 19.6 Å². The van der Waals surface area contributed by atoms with Gasteiger partial charge in [-0.1, -0.05) is 55.4 Å². The molecule has 208 valence electrons. The Morgan fingerprint density at radius 3 is 1.09 bits per heavy atom. The molecule has 0 aliphatic heterocycles. The molecule has 0 aromatic rings. The minimum atomic E-state index is -0.840. The van der Waals surface area contributed by atoms with Crippen molar-refractivity contribution in [1.29, 1.82) is 0 Å². The molecule has 4 nitrogen and oxygen atoms in total. The molecule has 35 heavy (non-hydrogen) atoms. The average molecular weight is 497 g/mol. The maximum atomic E-state index is 5.99. The zero-order valence-electron chi connectivity index (χ0n) is 25.9. The maximum Gasteiger partial charge on any atom is 0.234 e. The van der Waals surface area contributed by atoms with Gasteiger partial charge in [0.15, 0.2) is 0 Å². The molecule has 0 aromatic carbocycles. The van der Waals surface area contributed by atoms with Crippen molar-refractivity contribution in [2.75, 3.05) is 0 Å². The number of hydrogen-bond acceptors (Lipinski definition) is 4. The van der Waals surface area contributed by atoms with E-state index in [-0.39, 0.29) is 0 Å². The summed E-state index contributed by atoms with van der Waals surface area (Å²) >= 11 is 0. The van der Waals surface area contributed by atoms with Crippen molar-refractivity contribution in [2.24, 2.45) is 33.5 Å². The minimum Gasteiger partial charge on any atom is -0.228 e. The highest BCUT2D eigenvalue weighted by molar-refractivity contribution is 5.03. The van der Waals surface area contributed by atoms with Gasteiger partial charge in [-0.3, -0.25) is 0 Å². The van der Waals surface area contributed by atoms with E-state index in [4.69, 9.17) is 19.6 Å². The van der Waals surface area contributed by atoms with Crippen molar-refractivity contribution >= 4 is 0 Å². The van der Waals surface area contributed by atoms with Gasteiger partial charge >= 0.3 is 0 Å². The maximum absolute atomic E-state index is 5.99.